The molecule has 2 rings (SSSR count). The Morgan fingerprint density at radius 3 is 2.55 bits per heavy atom. The maximum Gasteiger partial charge on any atom is 0.320 e. The molecule has 1 aromatic heterocycles. The van der Waals surface area contributed by atoms with Gasteiger partial charge in [0.2, 0.25) is 5.91 Å². The van der Waals surface area contributed by atoms with Crippen LogP contribution in [0.3, 0.4) is 0 Å². The van der Waals surface area contributed by atoms with E-state index in [2.05, 4.69) is 26.1 Å². The van der Waals surface area contributed by atoms with Crippen LogP contribution in [0.2, 0.25) is 5.15 Å². The van der Waals surface area contributed by atoms with Gasteiger partial charge in [0.1, 0.15) is 0 Å². The first-order valence-electron chi connectivity index (χ1n) is 7.44. The summed E-state index contributed by atoms with van der Waals surface area (Å²) in [6.07, 6.45) is 5.35. The molecule has 0 saturated heterocycles. The summed E-state index contributed by atoms with van der Waals surface area (Å²) < 4.78 is 0. The molecule has 3 amide bonds. The van der Waals surface area contributed by atoms with Gasteiger partial charge in [0.05, 0.1) is 0 Å². The molecule has 3 N–H and O–H groups in total. The van der Waals surface area contributed by atoms with Gasteiger partial charge in [0, 0.05) is 19.5 Å². The van der Waals surface area contributed by atoms with Gasteiger partial charge < -0.3 is 10.6 Å². The lowest BCUT2D eigenvalue weighted by molar-refractivity contribution is -0.121. The van der Waals surface area contributed by atoms with E-state index in [0.717, 1.165) is 12.8 Å². The number of halogens is 1. The minimum absolute atomic E-state index is 0.0534. The first-order chi connectivity index (χ1) is 10.6. The van der Waals surface area contributed by atoms with Crippen molar-refractivity contribution in [2.45, 2.75) is 32.1 Å². The highest BCUT2D eigenvalue weighted by atomic mass is 35.5. The summed E-state index contributed by atoms with van der Waals surface area (Å²) in [7, 11) is 0. The maximum absolute atomic E-state index is 11.7. The maximum atomic E-state index is 11.7. The van der Waals surface area contributed by atoms with E-state index in [4.69, 9.17) is 11.6 Å². The van der Waals surface area contributed by atoms with Gasteiger partial charge in [-0.05, 0) is 30.9 Å². The second kappa shape index (κ2) is 8.53. The molecular formula is C14H20ClN5O2. The Kier molecular flexibility index (Phi) is 6.39. The summed E-state index contributed by atoms with van der Waals surface area (Å²) >= 11 is 5.60. The van der Waals surface area contributed by atoms with Crippen molar-refractivity contribution in [1.29, 1.82) is 0 Å². The van der Waals surface area contributed by atoms with Gasteiger partial charge in [-0.15, -0.1) is 10.2 Å². The quantitative estimate of drug-likeness (QED) is 0.696. The molecule has 0 unspecified atom stereocenters. The van der Waals surface area contributed by atoms with Gasteiger partial charge in [0.15, 0.2) is 11.0 Å². The van der Waals surface area contributed by atoms with Crippen LogP contribution in [0, 0.1) is 5.92 Å². The van der Waals surface area contributed by atoms with E-state index in [1.807, 2.05) is 0 Å². The lowest BCUT2D eigenvalue weighted by atomic mass is 10.0. The van der Waals surface area contributed by atoms with E-state index < -0.39 is 6.03 Å². The number of amides is 3. The molecule has 0 atom stereocenters. The van der Waals surface area contributed by atoms with Gasteiger partial charge >= 0.3 is 6.03 Å². The van der Waals surface area contributed by atoms with Gasteiger partial charge in [0.25, 0.3) is 0 Å². The van der Waals surface area contributed by atoms with Crippen LogP contribution in [-0.2, 0) is 4.79 Å². The van der Waals surface area contributed by atoms with E-state index in [0.29, 0.717) is 31.2 Å². The van der Waals surface area contributed by atoms with Gasteiger partial charge in [-0.25, -0.2) is 4.79 Å². The van der Waals surface area contributed by atoms with E-state index in [9.17, 15) is 9.59 Å². The molecule has 1 heterocycles. The van der Waals surface area contributed by atoms with Crippen molar-refractivity contribution in [3.8, 4) is 0 Å². The third-order valence-electron chi connectivity index (χ3n) is 3.56. The molecular weight excluding hydrogens is 306 g/mol. The van der Waals surface area contributed by atoms with Crippen LogP contribution in [0.15, 0.2) is 12.1 Å². The Morgan fingerprint density at radius 1 is 1.14 bits per heavy atom. The van der Waals surface area contributed by atoms with Crippen LogP contribution in [0.4, 0.5) is 10.6 Å². The predicted molar refractivity (Wildman–Crippen MR) is 83.6 cm³/mol. The number of nitrogens with zero attached hydrogens (tertiary/aromatic N) is 2. The van der Waals surface area contributed by atoms with Crippen molar-refractivity contribution in [3.05, 3.63) is 17.3 Å². The first-order valence-corrected chi connectivity index (χ1v) is 7.82. The van der Waals surface area contributed by atoms with E-state index in [1.54, 1.807) is 6.07 Å². The molecule has 0 aromatic carbocycles. The summed E-state index contributed by atoms with van der Waals surface area (Å²) in [5.41, 5.74) is 0. The summed E-state index contributed by atoms with van der Waals surface area (Å²) in [5, 5.41) is 15.5. The molecule has 1 aliphatic carbocycles. The summed E-state index contributed by atoms with van der Waals surface area (Å²) in [4.78, 5) is 23.3. The third-order valence-corrected chi connectivity index (χ3v) is 3.76. The number of anilines is 1. The van der Waals surface area contributed by atoms with Crippen LogP contribution < -0.4 is 16.0 Å². The van der Waals surface area contributed by atoms with Gasteiger partial charge in [-0.3, -0.25) is 10.1 Å². The summed E-state index contributed by atoms with van der Waals surface area (Å²) in [6.45, 7) is 0.758. The zero-order valence-corrected chi connectivity index (χ0v) is 13.0. The molecule has 120 valence electrons. The molecule has 1 fully saturated rings. The Bertz CT molecular complexity index is 502. The number of aromatic nitrogens is 2. The first kappa shape index (κ1) is 16.5. The highest BCUT2D eigenvalue weighted by Crippen LogP contribution is 2.27. The topological polar surface area (TPSA) is 96.0 Å². The normalized spacial score (nSPS) is 14.6. The summed E-state index contributed by atoms with van der Waals surface area (Å²) in [5.74, 6) is 0.893. The van der Waals surface area contributed by atoms with Crippen molar-refractivity contribution in [1.82, 2.24) is 20.8 Å². The standard InChI is InChI=1S/C14H20ClN5O2/c15-11-5-6-12(20-19-11)18-14(22)17-8-7-16-13(21)9-10-3-1-2-4-10/h5-6,10H,1-4,7-9H2,(H,16,21)(H2,17,18,20,22). The molecule has 0 radical (unpaired) electrons. The SMILES string of the molecule is O=C(CC1CCCC1)NCCNC(=O)Nc1ccc(Cl)nn1. The molecule has 1 aliphatic rings. The lowest BCUT2D eigenvalue weighted by Crippen LogP contribution is -2.37. The fraction of sp³-hybridized carbons (Fsp3) is 0.571. The van der Waals surface area contributed by atoms with Crippen LogP contribution in [0.25, 0.3) is 0 Å². The van der Waals surface area contributed by atoms with Gasteiger partial charge in [-0.1, -0.05) is 24.4 Å². The molecule has 0 aliphatic heterocycles. The molecule has 7 nitrogen and oxygen atoms in total. The molecule has 1 saturated carbocycles. The minimum atomic E-state index is -0.401. The molecule has 8 heteroatoms. The highest BCUT2D eigenvalue weighted by Gasteiger charge is 2.17. The van der Waals surface area contributed by atoms with Crippen LogP contribution >= 0.6 is 11.6 Å². The Balaban J connectivity index is 1.56. The molecule has 0 bridgehead atoms. The minimum Gasteiger partial charge on any atom is -0.354 e. The van der Waals surface area contributed by atoms with Crippen LogP contribution in [0.1, 0.15) is 32.1 Å². The lowest BCUT2D eigenvalue weighted by Gasteiger charge is -2.10. The molecule has 0 spiro atoms. The molecule has 22 heavy (non-hydrogen) atoms. The summed E-state index contributed by atoms with van der Waals surface area (Å²) in [6, 6.07) is 2.69. The Labute approximate surface area is 134 Å². The van der Waals surface area contributed by atoms with E-state index in [1.165, 1.54) is 18.9 Å². The average molecular weight is 326 g/mol. The van der Waals surface area contributed by atoms with Crippen molar-refractivity contribution < 1.29 is 9.59 Å². The van der Waals surface area contributed by atoms with Crippen molar-refractivity contribution >= 4 is 29.4 Å². The second-order valence-electron chi connectivity index (χ2n) is 5.33. The number of carbonyl (C=O) groups excluding carboxylic acids is 2. The number of carbonyl (C=O) groups is 2. The number of urea groups is 1. The highest BCUT2D eigenvalue weighted by molar-refractivity contribution is 6.29. The largest absolute Gasteiger partial charge is 0.354 e. The van der Waals surface area contributed by atoms with Crippen LogP contribution in [-0.4, -0.2) is 35.2 Å². The van der Waals surface area contributed by atoms with Gasteiger partial charge in [-0.2, -0.15) is 0 Å². The number of rotatable bonds is 6. The number of hydrogen-bond acceptors (Lipinski definition) is 4. The van der Waals surface area contributed by atoms with Crippen molar-refractivity contribution in [2.24, 2.45) is 5.92 Å². The van der Waals surface area contributed by atoms with Crippen molar-refractivity contribution in [2.75, 3.05) is 18.4 Å². The second-order valence-corrected chi connectivity index (χ2v) is 5.71. The fourth-order valence-corrected chi connectivity index (χ4v) is 2.57. The van der Waals surface area contributed by atoms with E-state index >= 15 is 0 Å². The zero-order valence-electron chi connectivity index (χ0n) is 12.3. The van der Waals surface area contributed by atoms with Crippen molar-refractivity contribution in [3.63, 3.8) is 0 Å². The Hall–Kier alpha value is -1.89. The number of hydrogen-bond donors (Lipinski definition) is 3. The average Bonchev–Trinajstić information content (AvgIpc) is 2.99. The monoisotopic (exact) mass is 325 g/mol. The number of nitrogens with one attached hydrogen (secondary N) is 3. The zero-order chi connectivity index (χ0) is 15.8. The third kappa shape index (κ3) is 5.85. The van der Waals surface area contributed by atoms with Crippen LogP contribution in [0.5, 0.6) is 0 Å². The molecule has 1 aromatic rings. The fourth-order valence-electron chi connectivity index (χ4n) is 2.47. The smallest absolute Gasteiger partial charge is 0.320 e. The Morgan fingerprint density at radius 2 is 1.86 bits per heavy atom. The predicted octanol–water partition coefficient (Wildman–Crippen LogP) is 1.95. The van der Waals surface area contributed by atoms with E-state index in [-0.39, 0.29) is 11.1 Å².